The maximum atomic E-state index is 6.31. The molecule has 0 fully saturated rings. The van der Waals surface area contributed by atoms with Gasteiger partial charge in [0.05, 0.1) is 0 Å². The molecule has 1 aliphatic rings. The second-order valence-electron chi connectivity index (χ2n) is 13.8. The lowest BCUT2D eigenvalue weighted by Gasteiger charge is -2.24. The van der Waals surface area contributed by atoms with Gasteiger partial charge >= 0.3 is 0 Å². The summed E-state index contributed by atoms with van der Waals surface area (Å²) in [5, 5.41) is 2.30. The molecule has 246 valence electrons. The van der Waals surface area contributed by atoms with Crippen LogP contribution in [0.5, 0.6) is 0 Å². The Balaban J connectivity index is 1.14. The van der Waals surface area contributed by atoms with Gasteiger partial charge in [0.2, 0.25) is 0 Å². The number of furan rings is 1. The summed E-state index contributed by atoms with van der Waals surface area (Å²) in [6.07, 6.45) is 0. The van der Waals surface area contributed by atoms with Crippen molar-refractivity contribution in [2.75, 3.05) is 4.90 Å². The average Bonchev–Trinajstić information content (AvgIpc) is 3.51. The van der Waals surface area contributed by atoms with E-state index in [0.29, 0.717) is 0 Å². The van der Waals surface area contributed by atoms with Gasteiger partial charge in [0.25, 0.3) is 0 Å². The number of nitrogens with zero attached hydrogens (tertiary/aromatic N) is 1. The SMILES string of the molecule is c1ccc(-c2cc(-c3ccccc3)cc(-c3ccc4c(c3)-c3cc(-c5ccc6c(c5)oc5ccccc56)ccc3CN(c3ccccc3)C4)c2)cc1. The number of fused-ring (bicyclic) bond motifs is 6. The Kier molecular flexibility index (Phi) is 7.32. The van der Waals surface area contributed by atoms with Crippen molar-refractivity contribution in [1.29, 1.82) is 0 Å². The first-order valence-corrected chi connectivity index (χ1v) is 18.0. The lowest BCUT2D eigenvalue weighted by Crippen LogP contribution is -2.20. The standard InChI is InChI=1S/C50H35NO/c1-4-12-34(13-5-1)41-26-42(35-14-6-2-7-15-35)28-43(27-41)37-21-23-40-33-51(44-16-8-3-9-17-44)32-39-22-20-36(29-47(39)48(40)30-37)38-24-25-46-45-18-10-11-19-49(45)52-50(46)31-38/h1-31H,32-33H2. The first-order valence-electron chi connectivity index (χ1n) is 18.0. The third-order valence-corrected chi connectivity index (χ3v) is 10.5. The molecule has 2 heteroatoms. The maximum Gasteiger partial charge on any atom is 0.136 e. The van der Waals surface area contributed by atoms with E-state index < -0.39 is 0 Å². The summed E-state index contributed by atoms with van der Waals surface area (Å²) in [6, 6.07) is 68.2. The van der Waals surface area contributed by atoms with Crippen molar-refractivity contribution >= 4 is 27.6 Å². The molecule has 0 amide bonds. The van der Waals surface area contributed by atoms with E-state index in [1.807, 2.05) is 12.1 Å². The fourth-order valence-corrected chi connectivity index (χ4v) is 7.87. The molecule has 0 aliphatic carbocycles. The lowest BCUT2D eigenvalue weighted by molar-refractivity contribution is 0.669. The van der Waals surface area contributed by atoms with Gasteiger partial charge in [-0.15, -0.1) is 0 Å². The van der Waals surface area contributed by atoms with Crippen molar-refractivity contribution in [1.82, 2.24) is 0 Å². The summed E-state index contributed by atoms with van der Waals surface area (Å²) in [6.45, 7) is 1.65. The summed E-state index contributed by atoms with van der Waals surface area (Å²) in [5.74, 6) is 0. The van der Waals surface area contributed by atoms with Crippen molar-refractivity contribution in [3.63, 3.8) is 0 Å². The number of hydrogen-bond donors (Lipinski definition) is 0. The summed E-state index contributed by atoms with van der Waals surface area (Å²) in [5.41, 5.74) is 17.9. The highest BCUT2D eigenvalue weighted by atomic mass is 16.3. The third-order valence-electron chi connectivity index (χ3n) is 10.5. The van der Waals surface area contributed by atoms with Gasteiger partial charge in [-0.2, -0.15) is 0 Å². The molecule has 9 aromatic rings. The fourth-order valence-electron chi connectivity index (χ4n) is 7.87. The van der Waals surface area contributed by atoms with Crippen molar-refractivity contribution < 1.29 is 4.42 Å². The van der Waals surface area contributed by atoms with Gasteiger partial charge in [0.1, 0.15) is 11.2 Å². The molecule has 0 bridgehead atoms. The van der Waals surface area contributed by atoms with E-state index in [2.05, 4.69) is 181 Å². The third kappa shape index (κ3) is 5.46. The molecule has 8 aromatic carbocycles. The Morgan fingerprint density at radius 2 is 0.788 bits per heavy atom. The number of rotatable bonds is 5. The predicted molar refractivity (Wildman–Crippen MR) is 217 cm³/mol. The molecule has 10 rings (SSSR count). The van der Waals surface area contributed by atoms with Crippen molar-refractivity contribution in [2.45, 2.75) is 13.1 Å². The first kappa shape index (κ1) is 30.2. The van der Waals surface area contributed by atoms with Gasteiger partial charge in [-0.25, -0.2) is 0 Å². The zero-order chi connectivity index (χ0) is 34.4. The normalized spacial score (nSPS) is 12.4. The predicted octanol–water partition coefficient (Wildman–Crippen LogP) is 13.4. The molecule has 52 heavy (non-hydrogen) atoms. The van der Waals surface area contributed by atoms with Gasteiger partial charge in [-0.1, -0.05) is 127 Å². The van der Waals surface area contributed by atoms with E-state index in [-0.39, 0.29) is 0 Å². The van der Waals surface area contributed by atoms with E-state index in [9.17, 15) is 0 Å². The van der Waals surface area contributed by atoms with Gasteiger partial charge in [-0.05, 0) is 127 Å². The molecule has 0 N–H and O–H groups in total. The van der Waals surface area contributed by atoms with E-state index >= 15 is 0 Å². The molecule has 0 spiro atoms. The Morgan fingerprint density at radius 3 is 1.40 bits per heavy atom. The minimum absolute atomic E-state index is 0.827. The monoisotopic (exact) mass is 665 g/mol. The van der Waals surface area contributed by atoms with Crippen molar-refractivity contribution in [2.24, 2.45) is 0 Å². The highest BCUT2D eigenvalue weighted by Crippen LogP contribution is 2.41. The van der Waals surface area contributed by atoms with Crippen molar-refractivity contribution in [3.8, 4) is 55.6 Å². The summed E-state index contributed by atoms with van der Waals surface area (Å²) in [4.78, 5) is 2.49. The number of hydrogen-bond acceptors (Lipinski definition) is 2. The number of anilines is 1. The molecular formula is C50H35NO. The minimum atomic E-state index is 0.827. The topological polar surface area (TPSA) is 16.4 Å². The van der Waals surface area contributed by atoms with Crippen LogP contribution in [0.15, 0.2) is 192 Å². The van der Waals surface area contributed by atoms with Crippen LogP contribution in [0.2, 0.25) is 0 Å². The molecule has 2 nitrogen and oxygen atoms in total. The molecular weight excluding hydrogens is 631 g/mol. The Hall–Kier alpha value is -6.64. The van der Waals surface area contributed by atoms with E-state index in [1.165, 1.54) is 66.9 Å². The van der Waals surface area contributed by atoms with Crippen LogP contribution in [0.3, 0.4) is 0 Å². The fraction of sp³-hybridized carbons (Fsp3) is 0.0400. The van der Waals surface area contributed by atoms with Crippen LogP contribution in [0.4, 0.5) is 5.69 Å². The van der Waals surface area contributed by atoms with E-state index in [4.69, 9.17) is 4.42 Å². The highest BCUT2D eigenvalue weighted by Gasteiger charge is 2.22. The van der Waals surface area contributed by atoms with Crippen LogP contribution in [-0.2, 0) is 13.1 Å². The van der Waals surface area contributed by atoms with Gasteiger partial charge in [0, 0.05) is 29.5 Å². The summed E-state index contributed by atoms with van der Waals surface area (Å²) < 4.78 is 6.31. The molecule has 0 saturated carbocycles. The molecule has 0 saturated heterocycles. The van der Waals surface area contributed by atoms with Crippen molar-refractivity contribution in [3.05, 3.63) is 199 Å². The smallest absolute Gasteiger partial charge is 0.136 e. The Morgan fingerprint density at radius 1 is 0.327 bits per heavy atom. The molecule has 1 aromatic heterocycles. The maximum absolute atomic E-state index is 6.31. The van der Waals surface area contributed by atoms with Crippen LogP contribution < -0.4 is 4.90 Å². The van der Waals surface area contributed by atoms with E-state index in [1.54, 1.807) is 0 Å². The van der Waals surface area contributed by atoms with Gasteiger partial charge in [-0.3, -0.25) is 0 Å². The van der Waals surface area contributed by atoms with Crippen LogP contribution in [0, 0.1) is 0 Å². The molecule has 0 unspecified atom stereocenters. The number of para-hydroxylation sites is 2. The molecule has 2 heterocycles. The largest absolute Gasteiger partial charge is 0.456 e. The van der Waals surface area contributed by atoms with Gasteiger partial charge in [0.15, 0.2) is 0 Å². The van der Waals surface area contributed by atoms with Crippen LogP contribution in [0.1, 0.15) is 11.1 Å². The molecule has 0 atom stereocenters. The second kappa shape index (κ2) is 12.6. The zero-order valence-electron chi connectivity index (χ0n) is 28.7. The van der Waals surface area contributed by atoms with Crippen LogP contribution >= 0.6 is 0 Å². The summed E-state index contributed by atoms with van der Waals surface area (Å²) >= 11 is 0. The quantitative estimate of drug-likeness (QED) is 0.182. The summed E-state index contributed by atoms with van der Waals surface area (Å²) in [7, 11) is 0. The van der Waals surface area contributed by atoms with Crippen LogP contribution in [0.25, 0.3) is 77.6 Å². The second-order valence-corrected chi connectivity index (χ2v) is 13.8. The minimum Gasteiger partial charge on any atom is -0.456 e. The van der Waals surface area contributed by atoms with Crippen LogP contribution in [-0.4, -0.2) is 0 Å². The van der Waals surface area contributed by atoms with E-state index in [0.717, 1.165) is 40.6 Å². The first-order chi connectivity index (χ1) is 25.7. The molecule has 0 radical (unpaired) electrons. The highest BCUT2D eigenvalue weighted by molar-refractivity contribution is 6.06. The molecule has 1 aliphatic heterocycles. The van der Waals surface area contributed by atoms with Gasteiger partial charge < -0.3 is 9.32 Å². The Labute approximate surface area is 303 Å². The zero-order valence-corrected chi connectivity index (χ0v) is 28.7. The average molecular weight is 666 g/mol. The lowest BCUT2D eigenvalue weighted by atomic mass is 9.89. The Bertz CT molecular complexity index is 2670. The number of benzene rings is 8.